The van der Waals surface area contributed by atoms with E-state index in [0.29, 0.717) is 16.8 Å². The molecule has 1 aliphatic carbocycles. The molecule has 0 N–H and O–H groups in total. The fraction of sp³-hybridized carbons (Fsp3) is 0.435. The Morgan fingerprint density at radius 2 is 1.42 bits per heavy atom. The molecule has 1 heterocycles. The maximum absolute atomic E-state index is 15.3. The number of nitrogens with zero attached hydrogens (tertiary/aromatic N) is 2. The predicted molar refractivity (Wildman–Crippen MR) is 108 cm³/mol. The molecule has 1 aliphatic heterocycles. The zero-order valence-corrected chi connectivity index (χ0v) is 17.6. The third-order valence-corrected chi connectivity index (χ3v) is 6.33. The normalized spacial score (nSPS) is 23.6. The lowest BCUT2D eigenvalue weighted by Gasteiger charge is -2.37. The van der Waals surface area contributed by atoms with Gasteiger partial charge in [-0.25, -0.2) is 4.39 Å². The molecular formula is C23H21F7N2O. The number of aryl methyl sites for hydroxylation is 1. The van der Waals surface area contributed by atoms with E-state index < -0.39 is 41.0 Å². The van der Waals surface area contributed by atoms with Crippen LogP contribution in [0.5, 0.6) is 0 Å². The number of amides is 1. The summed E-state index contributed by atoms with van der Waals surface area (Å²) in [6.07, 6.45) is -9.08. The number of rotatable bonds is 3. The summed E-state index contributed by atoms with van der Waals surface area (Å²) in [7, 11) is 0. The third kappa shape index (κ3) is 4.52. The highest BCUT2D eigenvalue weighted by Crippen LogP contribution is 2.56. The molecule has 33 heavy (non-hydrogen) atoms. The van der Waals surface area contributed by atoms with Crippen LogP contribution >= 0.6 is 0 Å². The third-order valence-electron chi connectivity index (χ3n) is 6.33. The van der Waals surface area contributed by atoms with E-state index in [0.717, 1.165) is 24.3 Å². The van der Waals surface area contributed by atoms with Gasteiger partial charge in [-0.05, 0) is 42.3 Å². The number of halogens is 7. The van der Waals surface area contributed by atoms with Crippen LogP contribution in [0.2, 0.25) is 0 Å². The van der Waals surface area contributed by atoms with Crippen molar-refractivity contribution in [1.29, 1.82) is 0 Å². The molecule has 0 radical (unpaired) electrons. The molecule has 0 spiro atoms. The molecule has 178 valence electrons. The van der Waals surface area contributed by atoms with Gasteiger partial charge in [0.2, 0.25) is 0 Å². The Bertz CT molecular complexity index is 1040. The standard InChI is InChI=1S/C23H21F7N2O/c1-14-2-5-17(23(28,29)30)12-19(14)31-8-10-32(11-9-31)20(33)21(24)13-18(21)15-3-6-16(7-4-15)22(25,26)27/h2-7,12,18H,8-11,13H2,1H3. The molecular weight excluding hydrogens is 453 g/mol. The van der Waals surface area contributed by atoms with E-state index in [9.17, 15) is 31.1 Å². The molecule has 2 unspecified atom stereocenters. The van der Waals surface area contributed by atoms with Crippen molar-refractivity contribution in [1.82, 2.24) is 4.90 Å². The molecule has 1 saturated carbocycles. The topological polar surface area (TPSA) is 23.6 Å². The monoisotopic (exact) mass is 474 g/mol. The first kappa shape index (κ1) is 23.4. The summed E-state index contributed by atoms with van der Waals surface area (Å²) in [5.41, 5.74) is -2.37. The molecule has 0 bridgehead atoms. The Morgan fingerprint density at radius 1 is 0.879 bits per heavy atom. The molecule has 4 rings (SSSR count). The summed E-state index contributed by atoms with van der Waals surface area (Å²) in [6, 6.07) is 7.60. The number of carbonyl (C=O) groups is 1. The van der Waals surface area contributed by atoms with Gasteiger partial charge in [-0.2, -0.15) is 26.3 Å². The van der Waals surface area contributed by atoms with E-state index in [-0.39, 0.29) is 32.6 Å². The van der Waals surface area contributed by atoms with Crippen LogP contribution < -0.4 is 4.90 Å². The van der Waals surface area contributed by atoms with Crippen LogP contribution in [-0.4, -0.2) is 42.7 Å². The first-order valence-electron chi connectivity index (χ1n) is 10.4. The Morgan fingerprint density at radius 3 is 1.97 bits per heavy atom. The molecule has 2 aromatic carbocycles. The number of anilines is 1. The van der Waals surface area contributed by atoms with E-state index >= 15 is 4.39 Å². The van der Waals surface area contributed by atoms with Gasteiger partial charge in [0.1, 0.15) is 0 Å². The highest BCUT2D eigenvalue weighted by molar-refractivity contribution is 5.90. The Hall–Kier alpha value is -2.78. The van der Waals surface area contributed by atoms with Crippen LogP contribution in [0.15, 0.2) is 42.5 Å². The van der Waals surface area contributed by atoms with E-state index in [1.54, 1.807) is 11.8 Å². The van der Waals surface area contributed by atoms with Crippen molar-refractivity contribution in [2.75, 3.05) is 31.1 Å². The molecule has 0 aromatic heterocycles. The van der Waals surface area contributed by atoms with Crippen LogP contribution in [0.1, 0.15) is 34.6 Å². The Labute approximate surface area is 185 Å². The van der Waals surface area contributed by atoms with E-state index in [4.69, 9.17) is 0 Å². The summed E-state index contributed by atoms with van der Waals surface area (Å²) in [5, 5.41) is 0. The second-order valence-corrected chi connectivity index (χ2v) is 8.52. The maximum Gasteiger partial charge on any atom is 0.416 e. The number of benzene rings is 2. The van der Waals surface area contributed by atoms with Gasteiger partial charge >= 0.3 is 12.4 Å². The maximum atomic E-state index is 15.3. The molecule has 2 aliphatic rings. The largest absolute Gasteiger partial charge is 0.416 e. The van der Waals surface area contributed by atoms with Crippen molar-refractivity contribution < 1.29 is 35.5 Å². The van der Waals surface area contributed by atoms with Crippen LogP contribution in [0.4, 0.5) is 36.4 Å². The Kier molecular flexibility index (Phi) is 5.61. The first-order valence-corrected chi connectivity index (χ1v) is 10.4. The lowest BCUT2D eigenvalue weighted by Crippen LogP contribution is -2.52. The van der Waals surface area contributed by atoms with Crippen LogP contribution in [0, 0.1) is 6.92 Å². The number of hydrogen-bond donors (Lipinski definition) is 0. The zero-order chi connectivity index (χ0) is 24.2. The molecule has 3 nitrogen and oxygen atoms in total. The molecule has 10 heteroatoms. The Balaban J connectivity index is 1.40. The van der Waals surface area contributed by atoms with E-state index in [2.05, 4.69) is 0 Å². The van der Waals surface area contributed by atoms with Crippen molar-refractivity contribution in [2.24, 2.45) is 0 Å². The summed E-state index contributed by atoms with van der Waals surface area (Å²) in [6.45, 7) is 2.46. The lowest BCUT2D eigenvalue weighted by molar-refractivity contribution is -0.139. The van der Waals surface area contributed by atoms with Crippen molar-refractivity contribution in [3.8, 4) is 0 Å². The van der Waals surface area contributed by atoms with Gasteiger partial charge in [-0.3, -0.25) is 4.79 Å². The molecule has 2 fully saturated rings. The van der Waals surface area contributed by atoms with Crippen molar-refractivity contribution in [3.05, 3.63) is 64.7 Å². The molecule has 1 amide bonds. The zero-order valence-electron chi connectivity index (χ0n) is 17.6. The average Bonchev–Trinajstić information content (AvgIpc) is 3.45. The van der Waals surface area contributed by atoms with Gasteiger partial charge in [0.15, 0.2) is 5.67 Å². The second-order valence-electron chi connectivity index (χ2n) is 8.52. The lowest BCUT2D eigenvalue weighted by atomic mass is 10.0. The van der Waals surface area contributed by atoms with E-state index in [1.165, 1.54) is 23.1 Å². The van der Waals surface area contributed by atoms with Gasteiger partial charge in [0.25, 0.3) is 5.91 Å². The quantitative estimate of drug-likeness (QED) is 0.543. The second kappa shape index (κ2) is 7.92. The number of carbonyl (C=O) groups excluding carboxylic acids is 1. The first-order chi connectivity index (χ1) is 15.3. The van der Waals surface area contributed by atoms with Crippen molar-refractivity contribution in [2.45, 2.75) is 37.3 Å². The predicted octanol–water partition coefficient (Wildman–Crippen LogP) is 5.58. The molecule has 2 atom stereocenters. The minimum absolute atomic E-state index is 0.107. The molecule has 2 aromatic rings. The van der Waals surface area contributed by atoms with E-state index in [1.807, 2.05) is 0 Å². The fourth-order valence-electron chi connectivity index (χ4n) is 4.30. The van der Waals surface area contributed by atoms with Gasteiger partial charge in [0.05, 0.1) is 11.1 Å². The fourth-order valence-corrected chi connectivity index (χ4v) is 4.30. The number of piperazine rings is 1. The average molecular weight is 474 g/mol. The SMILES string of the molecule is Cc1ccc(C(F)(F)F)cc1N1CCN(C(=O)C2(F)CC2c2ccc(C(F)(F)F)cc2)CC1. The minimum atomic E-state index is -4.50. The highest BCUT2D eigenvalue weighted by atomic mass is 19.4. The number of alkyl halides is 7. The summed E-state index contributed by atoms with van der Waals surface area (Å²) >= 11 is 0. The van der Waals surface area contributed by atoms with Crippen LogP contribution in [0.3, 0.4) is 0 Å². The summed E-state index contributed by atoms with van der Waals surface area (Å²) < 4.78 is 92.6. The number of hydrogen-bond acceptors (Lipinski definition) is 2. The smallest absolute Gasteiger partial charge is 0.368 e. The van der Waals surface area contributed by atoms with Crippen molar-refractivity contribution >= 4 is 11.6 Å². The minimum Gasteiger partial charge on any atom is -0.368 e. The van der Waals surface area contributed by atoms with Gasteiger partial charge < -0.3 is 9.80 Å². The highest BCUT2D eigenvalue weighted by Gasteiger charge is 2.63. The molecule has 1 saturated heterocycles. The van der Waals surface area contributed by atoms with Gasteiger partial charge in [0, 0.05) is 44.2 Å². The van der Waals surface area contributed by atoms with Crippen LogP contribution in [0.25, 0.3) is 0 Å². The summed E-state index contributed by atoms with van der Waals surface area (Å²) in [4.78, 5) is 15.9. The van der Waals surface area contributed by atoms with Crippen molar-refractivity contribution in [3.63, 3.8) is 0 Å². The van der Waals surface area contributed by atoms with Gasteiger partial charge in [-0.15, -0.1) is 0 Å². The summed E-state index contributed by atoms with van der Waals surface area (Å²) in [5.74, 6) is -1.54. The van der Waals surface area contributed by atoms with Crippen LogP contribution in [-0.2, 0) is 17.1 Å². The van der Waals surface area contributed by atoms with Gasteiger partial charge in [-0.1, -0.05) is 18.2 Å².